The van der Waals surface area contributed by atoms with Crippen molar-refractivity contribution < 1.29 is 23.1 Å². The van der Waals surface area contributed by atoms with E-state index >= 15 is 0 Å². The van der Waals surface area contributed by atoms with Crippen LogP contribution < -0.4 is 15.6 Å². The van der Waals surface area contributed by atoms with Gasteiger partial charge in [-0.1, -0.05) is 30.3 Å². The van der Waals surface area contributed by atoms with Gasteiger partial charge in [-0.15, -0.1) is 0 Å². The summed E-state index contributed by atoms with van der Waals surface area (Å²) in [5, 5.41) is 12.7. The van der Waals surface area contributed by atoms with Gasteiger partial charge in [-0.25, -0.2) is 0 Å². The molecule has 0 spiro atoms. The van der Waals surface area contributed by atoms with E-state index in [0.717, 1.165) is 17.2 Å². The molecule has 0 radical (unpaired) electrons. The first-order valence-corrected chi connectivity index (χ1v) is 12.5. The van der Waals surface area contributed by atoms with Crippen LogP contribution in [0.1, 0.15) is 27.0 Å². The standard InChI is InChI=1S/C29H27F3N4O3/c30-29(31,32)21-5-2-6-22(14-21)36-11-9-35(10-12-36)18-20-4-1-3-19(13-20)16-34-28(39)25-17-33-26-8-7-23(37)15-24(26)27(25)38/h1-8,13-15,17,37H,9-12,16,18H2,(H,33,38)(H,34,39). The lowest BCUT2D eigenvalue weighted by atomic mass is 10.1. The number of H-pyrrole nitrogens is 1. The minimum atomic E-state index is -4.36. The van der Waals surface area contributed by atoms with Crippen molar-refractivity contribution in [3.05, 3.63) is 105 Å². The van der Waals surface area contributed by atoms with E-state index in [4.69, 9.17) is 0 Å². The van der Waals surface area contributed by atoms with E-state index in [-0.39, 0.29) is 23.2 Å². The van der Waals surface area contributed by atoms with Gasteiger partial charge < -0.3 is 20.3 Å². The zero-order valence-electron chi connectivity index (χ0n) is 21.0. The molecule has 2 heterocycles. The second-order valence-corrected chi connectivity index (χ2v) is 9.58. The molecule has 1 amide bonds. The number of hydrogen-bond acceptors (Lipinski definition) is 5. The molecule has 0 bridgehead atoms. The summed E-state index contributed by atoms with van der Waals surface area (Å²) >= 11 is 0. The quantitative estimate of drug-likeness (QED) is 0.338. The predicted octanol–water partition coefficient (Wildman–Crippen LogP) is 4.50. The largest absolute Gasteiger partial charge is 0.508 e. The fourth-order valence-corrected chi connectivity index (χ4v) is 4.79. The molecule has 202 valence electrons. The molecule has 1 saturated heterocycles. The smallest absolute Gasteiger partial charge is 0.416 e. The van der Waals surface area contributed by atoms with Crippen LogP contribution in [0.15, 0.2) is 77.7 Å². The Morgan fingerprint density at radius 1 is 0.949 bits per heavy atom. The normalized spacial score (nSPS) is 14.5. The fourth-order valence-electron chi connectivity index (χ4n) is 4.79. The zero-order valence-corrected chi connectivity index (χ0v) is 21.0. The summed E-state index contributed by atoms with van der Waals surface area (Å²) in [7, 11) is 0. The van der Waals surface area contributed by atoms with Crippen molar-refractivity contribution in [1.82, 2.24) is 15.2 Å². The van der Waals surface area contributed by atoms with E-state index in [1.807, 2.05) is 29.2 Å². The number of aromatic amines is 1. The summed E-state index contributed by atoms with van der Waals surface area (Å²) in [5.41, 5.74) is 1.88. The summed E-state index contributed by atoms with van der Waals surface area (Å²) in [6.07, 6.45) is -3.00. The minimum Gasteiger partial charge on any atom is -0.508 e. The molecule has 1 fully saturated rings. The van der Waals surface area contributed by atoms with Gasteiger partial charge in [0.25, 0.3) is 5.91 Å². The van der Waals surface area contributed by atoms with E-state index < -0.39 is 23.1 Å². The van der Waals surface area contributed by atoms with Gasteiger partial charge in [0.2, 0.25) is 5.43 Å². The number of pyridine rings is 1. The van der Waals surface area contributed by atoms with Gasteiger partial charge in [0.05, 0.1) is 5.56 Å². The van der Waals surface area contributed by atoms with Gasteiger partial charge >= 0.3 is 6.18 Å². The Morgan fingerprint density at radius 2 is 1.69 bits per heavy atom. The Balaban J connectivity index is 1.17. The highest BCUT2D eigenvalue weighted by Gasteiger charge is 2.31. The third kappa shape index (κ3) is 6.06. The molecule has 1 aliphatic heterocycles. The number of aromatic hydroxyl groups is 1. The Hall–Kier alpha value is -4.31. The summed E-state index contributed by atoms with van der Waals surface area (Å²) < 4.78 is 39.2. The number of carbonyl (C=O) groups excluding carboxylic acids is 1. The number of piperazine rings is 1. The van der Waals surface area contributed by atoms with Crippen LogP contribution >= 0.6 is 0 Å². The summed E-state index contributed by atoms with van der Waals surface area (Å²) in [6, 6.07) is 17.6. The number of halogens is 3. The lowest BCUT2D eigenvalue weighted by Gasteiger charge is -2.36. The predicted molar refractivity (Wildman–Crippen MR) is 143 cm³/mol. The number of nitrogens with one attached hydrogen (secondary N) is 2. The van der Waals surface area contributed by atoms with Crippen molar-refractivity contribution in [3.8, 4) is 5.75 Å². The Labute approximate surface area is 222 Å². The molecule has 1 aliphatic rings. The number of phenolic OH excluding ortho intramolecular Hbond substituents is 1. The number of hydrogen-bond donors (Lipinski definition) is 3. The number of carbonyl (C=O) groups is 1. The molecule has 4 aromatic rings. The van der Waals surface area contributed by atoms with Crippen LogP contribution in [0.25, 0.3) is 10.9 Å². The van der Waals surface area contributed by atoms with Crippen molar-refractivity contribution in [1.29, 1.82) is 0 Å². The molecule has 1 aromatic heterocycles. The van der Waals surface area contributed by atoms with Gasteiger partial charge in [-0.2, -0.15) is 13.2 Å². The van der Waals surface area contributed by atoms with Crippen molar-refractivity contribution in [2.45, 2.75) is 19.3 Å². The SMILES string of the molecule is O=C(NCc1cccc(CN2CCN(c3cccc(C(F)(F)F)c3)CC2)c1)c1c[nH]c2ccc(O)cc2c1=O. The zero-order chi connectivity index (χ0) is 27.6. The second-order valence-electron chi connectivity index (χ2n) is 9.58. The van der Waals surface area contributed by atoms with E-state index in [9.17, 15) is 27.9 Å². The number of alkyl halides is 3. The Kier molecular flexibility index (Phi) is 7.30. The second kappa shape index (κ2) is 10.8. The molecule has 7 nitrogen and oxygen atoms in total. The molecule has 0 unspecified atom stereocenters. The molecule has 3 N–H and O–H groups in total. The number of rotatable bonds is 6. The molecule has 0 aliphatic carbocycles. The van der Waals surface area contributed by atoms with Gasteiger partial charge in [0.1, 0.15) is 11.3 Å². The Bertz CT molecular complexity index is 1560. The number of anilines is 1. The van der Waals surface area contributed by atoms with E-state index in [0.29, 0.717) is 43.9 Å². The van der Waals surface area contributed by atoms with Gasteiger partial charge in [0.15, 0.2) is 0 Å². The number of fused-ring (bicyclic) bond motifs is 1. The highest BCUT2D eigenvalue weighted by molar-refractivity contribution is 5.97. The van der Waals surface area contributed by atoms with E-state index in [1.54, 1.807) is 12.1 Å². The summed E-state index contributed by atoms with van der Waals surface area (Å²) in [4.78, 5) is 32.6. The fraction of sp³-hybridized carbons (Fsp3) is 0.241. The van der Waals surface area contributed by atoms with Crippen molar-refractivity contribution in [2.24, 2.45) is 0 Å². The first kappa shape index (κ1) is 26.3. The number of nitrogens with zero attached hydrogens (tertiary/aromatic N) is 2. The highest BCUT2D eigenvalue weighted by Crippen LogP contribution is 2.32. The maximum Gasteiger partial charge on any atom is 0.416 e. The average molecular weight is 537 g/mol. The molecular formula is C29H27F3N4O3. The molecule has 0 saturated carbocycles. The molecule has 5 rings (SSSR count). The number of benzene rings is 3. The van der Waals surface area contributed by atoms with Crippen molar-refractivity contribution in [2.75, 3.05) is 31.1 Å². The van der Waals surface area contributed by atoms with Crippen molar-refractivity contribution in [3.63, 3.8) is 0 Å². The van der Waals surface area contributed by atoms with Crippen LogP contribution in [0, 0.1) is 0 Å². The van der Waals surface area contributed by atoms with E-state index in [1.165, 1.54) is 30.5 Å². The lowest BCUT2D eigenvalue weighted by Crippen LogP contribution is -2.46. The first-order chi connectivity index (χ1) is 18.7. The lowest BCUT2D eigenvalue weighted by molar-refractivity contribution is -0.137. The maximum atomic E-state index is 13.1. The van der Waals surface area contributed by atoms with Gasteiger partial charge in [-0.05, 0) is 47.5 Å². The third-order valence-electron chi connectivity index (χ3n) is 6.87. The Morgan fingerprint density at radius 3 is 2.46 bits per heavy atom. The number of aromatic nitrogens is 1. The molecule has 39 heavy (non-hydrogen) atoms. The van der Waals surface area contributed by atoms with Crippen LogP contribution in [-0.2, 0) is 19.3 Å². The van der Waals surface area contributed by atoms with Crippen molar-refractivity contribution >= 4 is 22.5 Å². The summed E-state index contributed by atoms with van der Waals surface area (Å²) in [5.74, 6) is -0.572. The van der Waals surface area contributed by atoms with Crippen LogP contribution in [-0.4, -0.2) is 47.1 Å². The topological polar surface area (TPSA) is 88.7 Å². The van der Waals surface area contributed by atoms with Crippen LogP contribution in [0.2, 0.25) is 0 Å². The van der Waals surface area contributed by atoms with Crippen LogP contribution in [0.5, 0.6) is 5.75 Å². The average Bonchev–Trinajstić information content (AvgIpc) is 2.92. The minimum absolute atomic E-state index is 0.0390. The van der Waals surface area contributed by atoms with Crippen LogP contribution in [0.3, 0.4) is 0 Å². The summed E-state index contributed by atoms with van der Waals surface area (Å²) in [6.45, 7) is 3.55. The third-order valence-corrected chi connectivity index (χ3v) is 6.87. The monoisotopic (exact) mass is 536 g/mol. The van der Waals surface area contributed by atoms with Crippen LogP contribution in [0.4, 0.5) is 18.9 Å². The van der Waals surface area contributed by atoms with Gasteiger partial charge in [0, 0.05) is 62.1 Å². The first-order valence-electron chi connectivity index (χ1n) is 12.5. The van der Waals surface area contributed by atoms with Gasteiger partial charge in [-0.3, -0.25) is 14.5 Å². The number of phenols is 1. The molecule has 0 atom stereocenters. The molecular weight excluding hydrogens is 509 g/mol. The molecule has 3 aromatic carbocycles. The number of amides is 1. The molecule has 10 heteroatoms. The maximum absolute atomic E-state index is 13.1. The highest BCUT2D eigenvalue weighted by atomic mass is 19.4. The van der Waals surface area contributed by atoms with E-state index in [2.05, 4.69) is 15.2 Å².